The van der Waals surface area contributed by atoms with Crippen molar-refractivity contribution in [3.05, 3.63) is 29.6 Å². The maximum atomic E-state index is 10.6. The molecule has 0 saturated carbocycles. The van der Waals surface area contributed by atoms with Crippen molar-refractivity contribution < 1.29 is 14.5 Å². The fraction of sp³-hybridized carbons (Fsp3) is 0.250. The van der Waals surface area contributed by atoms with Crippen molar-refractivity contribution in [2.24, 2.45) is 0 Å². The minimum atomic E-state index is -1.05. The Hall–Kier alpha value is -2.18. The Morgan fingerprint density at radius 2 is 2.40 bits per heavy atom. The van der Waals surface area contributed by atoms with Gasteiger partial charge in [-0.15, -0.1) is 0 Å². The van der Waals surface area contributed by atoms with E-state index in [0.717, 1.165) is 0 Å². The summed E-state index contributed by atoms with van der Waals surface area (Å²) >= 11 is 0. The summed E-state index contributed by atoms with van der Waals surface area (Å²) < 4.78 is 6.13. The number of carboxylic acids is 1. The molecule has 0 aliphatic carbocycles. The molecule has 0 aliphatic rings. The van der Waals surface area contributed by atoms with Gasteiger partial charge in [0, 0.05) is 6.20 Å². The molecule has 0 unspecified atom stereocenters. The molecule has 7 nitrogen and oxygen atoms in total. The van der Waals surface area contributed by atoms with Gasteiger partial charge in [0.2, 0.25) is 0 Å². The van der Waals surface area contributed by atoms with Crippen LogP contribution >= 0.6 is 0 Å². The van der Waals surface area contributed by atoms with Gasteiger partial charge in [-0.05, 0) is 6.92 Å². The minimum Gasteiger partial charge on any atom is -0.476 e. The lowest BCUT2D eigenvalue weighted by atomic mass is 10.3. The number of aryl methyl sites for hydroxylation is 1. The number of imidazole rings is 1. The van der Waals surface area contributed by atoms with Crippen LogP contribution in [-0.2, 0) is 6.54 Å². The number of hydrogen-bond acceptors (Lipinski definition) is 5. The lowest BCUT2D eigenvalue weighted by Gasteiger charge is -1.96. The quantitative estimate of drug-likeness (QED) is 0.780. The summed E-state index contributed by atoms with van der Waals surface area (Å²) in [5, 5.41) is 16.0. The lowest BCUT2D eigenvalue weighted by molar-refractivity contribution is 0.0691. The van der Waals surface area contributed by atoms with Gasteiger partial charge in [-0.25, -0.2) is 14.4 Å². The normalized spacial score (nSPS) is 10.5. The Labute approximate surface area is 84.3 Å². The molecule has 1 N–H and O–H groups in total. The number of aromatic carboxylic acids is 1. The average molecular weight is 208 g/mol. The molecule has 2 aromatic heterocycles. The van der Waals surface area contributed by atoms with E-state index in [1.165, 1.54) is 12.5 Å². The molecule has 0 atom stereocenters. The first-order valence-corrected chi connectivity index (χ1v) is 4.20. The van der Waals surface area contributed by atoms with Gasteiger partial charge < -0.3 is 9.67 Å². The van der Waals surface area contributed by atoms with Crippen molar-refractivity contribution in [3.8, 4) is 0 Å². The fourth-order valence-electron chi connectivity index (χ4n) is 1.12. The topological polar surface area (TPSA) is 94.0 Å². The van der Waals surface area contributed by atoms with E-state index in [2.05, 4.69) is 19.9 Å². The first-order chi connectivity index (χ1) is 7.16. The van der Waals surface area contributed by atoms with Crippen LogP contribution in [0.25, 0.3) is 0 Å². The maximum Gasteiger partial charge on any atom is 0.356 e. The third-order valence-electron chi connectivity index (χ3n) is 1.93. The molecule has 0 spiro atoms. The van der Waals surface area contributed by atoms with E-state index < -0.39 is 5.97 Å². The summed E-state index contributed by atoms with van der Waals surface area (Å²) in [6, 6.07) is 0. The summed E-state index contributed by atoms with van der Waals surface area (Å²) in [5.74, 6) is -1.05. The molecule has 15 heavy (non-hydrogen) atoms. The first kappa shape index (κ1) is 9.38. The molecular formula is C8H8N4O3. The van der Waals surface area contributed by atoms with E-state index in [1.807, 2.05) is 0 Å². The second kappa shape index (κ2) is 3.52. The highest BCUT2D eigenvalue weighted by Crippen LogP contribution is 2.04. The van der Waals surface area contributed by atoms with Crippen LogP contribution < -0.4 is 0 Å². The predicted octanol–water partition coefficient (Wildman–Crippen LogP) is 0.321. The second-order valence-electron chi connectivity index (χ2n) is 3.03. The van der Waals surface area contributed by atoms with Crippen LogP contribution in [0.5, 0.6) is 0 Å². The number of carbonyl (C=O) groups is 1. The van der Waals surface area contributed by atoms with E-state index in [0.29, 0.717) is 17.9 Å². The van der Waals surface area contributed by atoms with Gasteiger partial charge in [0.1, 0.15) is 11.4 Å². The Balaban J connectivity index is 2.18. The van der Waals surface area contributed by atoms with Crippen molar-refractivity contribution in [2.45, 2.75) is 13.5 Å². The Morgan fingerprint density at radius 3 is 2.93 bits per heavy atom. The predicted molar refractivity (Wildman–Crippen MR) is 47.3 cm³/mol. The zero-order valence-corrected chi connectivity index (χ0v) is 7.91. The second-order valence-corrected chi connectivity index (χ2v) is 3.03. The molecular weight excluding hydrogens is 200 g/mol. The molecule has 0 aliphatic heterocycles. The highest BCUT2D eigenvalue weighted by atomic mass is 16.6. The number of hydrogen-bond donors (Lipinski definition) is 1. The summed E-state index contributed by atoms with van der Waals surface area (Å²) in [6.07, 6.45) is 2.86. The van der Waals surface area contributed by atoms with Crippen molar-refractivity contribution in [1.82, 2.24) is 19.9 Å². The Morgan fingerprint density at radius 1 is 1.60 bits per heavy atom. The Bertz CT molecular complexity index is 488. The number of rotatable bonds is 3. The van der Waals surface area contributed by atoms with Gasteiger partial charge in [-0.2, -0.15) is 0 Å². The SMILES string of the molecule is Cc1nonc1Cn1cnc(C(=O)O)c1. The molecule has 7 heteroatoms. The molecule has 0 fully saturated rings. The van der Waals surface area contributed by atoms with Gasteiger partial charge >= 0.3 is 5.97 Å². The zero-order valence-electron chi connectivity index (χ0n) is 7.91. The molecule has 2 heterocycles. The Kier molecular flexibility index (Phi) is 2.20. The minimum absolute atomic E-state index is 0.00380. The van der Waals surface area contributed by atoms with E-state index in [9.17, 15) is 4.79 Å². The third-order valence-corrected chi connectivity index (χ3v) is 1.93. The van der Waals surface area contributed by atoms with Crippen LogP contribution in [0, 0.1) is 6.92 Å². The summed E-state index contributed by atoms with van der Waals surface area (Å²) in [4.78, 5) is 14.3. The highest BCUT2D eigenvalue weighted by molar-refractivity contribution is 5.84. The van der Waals surface area contributed by atoms with Gasteiger partial charge in [0.25, 0.3) is 0 Å². The van der Waals surface area contributed by atoms with Gasteiger partial charge in [-0.1, -0.05) is 10.3 Å². The molecule has 0 bridgehead atoms. The standard InChI is InChI=1S/C8H8N4O3/c1-5-6(11-15-10-5)2-12-3-7(8(13)14)9-4-12/h3-4H,2H2,1H3,(H,13,14). The molecule has 78 valence electrons. The summed E-state index contributed by atoms with van der Waals surface area (Å²) in [6.45, 7) is 2.16. The molecule has 0 radical (unpaired) electrons. The smallest absolute Gasteiger partial charge is 0.356 e. The van der Waals surface area contributed by atoms with Gasteiger partial charge in [0.15, 0.2) is 5.69 Å². The van der Waals surface area contributed by atoms with Crippen LogP contribution in [0.2, 0.25) is 0 Å². The first-order valence-electron chi connectivity index (χ1n) is 4.20. The molecule has 2 rings (SSSR count). The zero-order chi connectivity index (χ0) is 10.8. The van der Waals surface area contributed by atoms with Crippen LogP contribution in [-0.4, -0.2) is 30.9 Å². The maximum absolute atomic E-state index is 10.6. The number of aromatic nitrogens is 4. The van der Waals surface area contributed by atoms with Crippen LogP contribution in [0.3, 0.4) is 0 Å². The summed E-state index contributed by atoms with van der Waals surface area (Å²) in [5.41, 5.74) is 1.34. The van der Waals surface area contributed by atoms with E-state index >= 15 is 0 Å². The molecule has 0 amide bonds. The highest BCUT2D eigenvalue weighted by Gasteiger charge is 2.09. The van der Waals surface area contributed by atoms with Crippen molar-refractivity contribution in [1.29, 1.82) is 0 Å². The largest absolute Gasteiger partial charge is 0.476 e. The average Bonchev–Trinajstić information content (AvgIpc) is 2.77. The van der Waals surface area contributed by atoms with E-state index in [4.69, 9.17) is 5.11 Å². The van der Waals surface area contributed by atoms with E-state index in [1.54, 1.807) is 11.5 Å². The third kappa shape index (κ3) is 1.85. The van der Waals surface area contributed by atoms with E-state index in [-0.39, 0.29) is 5.69 Å². The number of carboxylic acid groups (broad SMARTS) is 1. The molecule has 2 aromatic rings. The lowest BCUT2D eigenvalue weighted by Crippen LogP contribution is -1.99. The molecule has 0 aromatic carbocycles. The van der Waals surface area contributed by atoms with Crippen molar-refractivity contribution in [2.75, 3.05) is 0 Å². The van der Waals surface area contributed by atoms with Crippen molar-refractivity contribution in [3.63, 3.8) is 0 Å². The van der Waals surface area contributed by atoms with Gasteiger partial charge in [0.05, 0.1) is 12.9 Å². The van der Waals surface area contributed by atoms with Gasteiger partial charge in [-0.3, -0.25) is 0 Å². The fourth-order valence-corrected chi connectivity index (χ4v) is 1.12. The molecule has 0 saturated heterocycles. The van der Waals surface area contributed by atoms with Crippen LogP contribution in [0.15, 0.2) is 17.2 Å². The number of nitrogens with zero attached hydrogens (tertiary/aromatic N) is 4. The van der Waals surface area contributed by atoms with Crippen molar-refractivity contribution >= 4 is 5.97 Å². The summed E-state index contributed by atoms with van der Waals surface area (Å²) in [7, 11) is 0. The van der Waals surface area contributed by atoms with Crippen LogP contribution in [0.1, 0.15) is 21.9 Å². The monoisotopic (exact) mass is 208 g/mol. The van der Waals surface area contributed by atoms with Crippen LogP contribution in [0.4, 0.5) is 0 Å².